The van der Waals surface area contributed by atoms with E-state index in [4.69, 9.17) is 4.74 Å². The molecule has 1 aliphatic heterocycles. The molecule has 166 valence electrons. The number of amides is 1. The molecule has 0 aromatic heterocycles. The number of hydrogen-bond acceptors (Lipinski definition) is 4. The van der Waals surface area contributed by atoms with Crippen molar-refractivity contribution in [1.82, 2.24) is 5.32 Å². The predicted molar refractivity (Wildman–Crippen MR) is 124 cm³/mol. The number of carbonyl (C=O) groups is 1. The minimum Gasteiger partial charge on any atom is -0.476 e. The number of carbonyl (C=O) groups excluding carboxylic acids is 1. The van der Waals surface area contributed by atoms with Crippen LogP contribution in [0.5, 0.6) is 5.75 Å². The fourth-order valence-electron chi connectivity index (χ4n) is 3.77. The number of benzene rings is 3. The zero-order valence-electron chi connectivity index (χ0n) is 18.1. The maximum atomic E-state index is 13.5. The summed E-state index contributed by atoms with van der Waals surface area (Å²) in [6.07, 6.45) is -0.271. The van der Waals surface area contributed by atoms with Crippen molar-refractivity contribution in [2.75, 3.05) is 10.8 Å². The second-order valence-electron chi connectivity index (χ2n) is 7.80. The van der Waals surface area contributed by atoms with Crippen LogP contribution in [0.15, 0.2) is 83.8 Å². The highest BCUT2D eigenvalue weighted by Gasteiger charge is 2.37. The largest absolute Gasteiger partial charge is 0.476 e. The lowest BCUT2D eigenvalue weighted by Gasteiger charge is -2.35. The number of para-hydroxylation sites is 2. The normalized spacial score (nSPS) is 16.6. The van der Waals surface area contributed by atoms with Crippen LogP contribution in [0.2, 0.25) is 0 Å². The molecule has 7 heteroatoms. The van der Waals surface area contributed by atoms with Gasteiger partial charge in [-0.05, 0) is 43.2 Å². The summed E-state index contributed by atoms with van der Waals surface area (Å²) in [5.74, 6) is 0.0154. The monoisotopic (exact) mass is 450 g/mol. The Morgan fingerprint density at radius 3 is 2.38 bits per heavy atom. The standard InChI is InChI=1S/C25H26N2O4S/c1-3-21(19-9-5-4-6-10-19)26-25(28)24-17-27(22-11-7-8-12-23(22)31-24)32(29,30)20-15-13-18(2)14-16-20/h4-16,21,24H,3,17H2,1-2H3,(H,26,28)/t21-,24+/m0/s1. The number of hydrogen-bond donors (Lipinski definition) is 1. The van der Waals surface area contributed by atoms with E-state index in [9.17, 15) is 13.2 Å². The van der Waals surface area contributed by atoms with Gasteiger partial charge in [-0.25, -0.2) is 8.42 Å². The van der Waals surface area contributed by atoms with Crippen LogP contribution < -0.4 is 14.4 Å². The number of ether oxygens (including phenoxy) is 1. The van der Waals surface area contributed by atoms with Crippen LogP contribution in [0.25, 0.3) is 0 Å². The summed E-state index contributed by atoms with van der Waals surface area (Å²) in [7, 11) is -3.87. The maximum absolute atomic E-state index is 13.5. The van der Waals surface area contributed by atoms with E-state index in [-0.39, 0.29) is 23.4 Å². The quantitative estimate of drug-likeness (QED) is 0.610. The van der Waals surface area contributed by atoms with Crippen molar-refractivity contribution >= 4 is 21.6 Å². The Labute approximate surface area is 188 Å². The minimum absolute atomic E-state index is 0.107. The van der Waals surface area contributed by atoms with Crippen molar-refractivity contribution in [3.8, 4) is 5.75 Å². The van der Waals surface area contributed by atoms with Crippen LogP contribution in [0.3, 0.4) is 0 Å². The first-order valence-electron chi connectivity index (χ1n) is 10.6. The molecule has 1 heterocycles. The van der Waals surface area contributed by atoms with E-state index in [0.29, 0.717) is 17.9 Å². The molecule has 1 aliphatic rings. The van der Waals surface area contributed by atoms with Gasteiger partial charge < -0.3 is 10.1 Å². The van der Waals surface area contributed by atoms with E-state index < -0.39 is 16.1 Å². The van der Waals surface area contributed by atoms with Gasteiger partial charge in [-0.15, -0.1) is 0 Å². The number of nitrogens with one attached hydrogen (secondary N) is 1. The predicted octanol–water partition coefficient (Wildman–Crippen LogP) is 4.22. The zero-order chi connectivity index (χ0) is 22.7. The van der Waals surface area contributed by atoms with Gasteiger partial charge in [0.1, 0.15) is 5.75 Å². The number of aryl methyl sites for hydroxylation is 1. The average Bonchev–Trinajstić information content (AvgIpc) is 2.82. The molecule has 1 amide bonds. The zero-order valence-corrected chi connectivity index (χ0v) is 18.9. The number of sulfonamides is 1. The summed E-state index contributed by atoms with van der Waals surface area (Å²) in [4.78, 5) is 13.3. The van der Waals surface area contributed by atoms with Gasteiger partial charge in [-0.3, -0.25) is 9.10 Å². The molecule has 0 radical (unpaired) electrons. The third-order valence-electron chi connectivity index (χ3n) is 5.56. The molecule has 0 aliphatic carbocycles. The van der Waals surface area contributed by atoms with Crippen molar-refractivity contribution < 1.29 is 17.9 Å². The average molecular weight is 451 g/mol. The van der Waals surface area contributed by atoms with Crippen LogP contribution in [-0.4, -0.2) is 27.0 Å². The van der Waals surface area contributed by atoms with E-state index >= 15 is 0 Å². The molecular weight excluding hydrogens is 424 g/mol. The first-order chi connectivity index (χ1) is 15.4. The summed E-state index contributed by atoms with van der Waals surface area (Å²) < 4.78 is 34.1. The van der Waals surface area contributed by atoms with E-state index in [0.717, 1.165) is 11.1 Å². The molecule has 0 spiro atoms. The van der Waals surface area contributed by atoms with Crippen molar-refractivity contribution in [2.24, 2.45) is 0 Å². The Bertz CT molecular complexity index is 1190. The number of nitrogens with zero attached hydrogens (tertiary/aromatic N) is 1. The number of fused-ring (bicyclic) bond motifs is 1. The first kappa shape index (κ1) is 21.9. The highest BCUT2D eigenvalue weighted by atomic mass is 32.2. The van der Waals surface area contributed by atoms with Gasteiger partial charge in [-0.2, -0.15) is 0 Å². The van der Waals surface area contributed by atoms with E-state index in [1.165, 1.54) is 4.31 Å². The lowest BCUT2D eigenvalue weighted by atomic mass is 10.0. The third-order valence-corrected chi connectivity index (χ3v) is 7.36. The van der Waals surface area contributed by atoms with Crippen molar-refractivity contribution in [2.45, 2.75) is 37.3 Å². The Morgan fingerprint density at radius 1 is 1.03 bits per heavy atom. The van der Waals surface area contributed by atoms with Crippen LogP contribution in [0, 0.1) is 6.92 Å². The Kier molecular flexibility index (Phi) is 6.19. The lowest BCUT2D eigenvalue weighted by Crippen LogP contribution is -2.51. The summed E-state index contributed by atoms with van der Waals surface area (Å²) in [6, 6.07) is 23.1. The third kappa shape index (κ3) is 4.34. The fourth-order valence-corrected chi connectivity index (χ4v) is 5.25. The molecule has 3 aromatic rings. The highest BCUT2D eigenvalue weighted by Crippen LogP contribution is 2.37. The molecule has 0 fully saturated rings. The van der Waals surface area contributed by atoms with Gasteiger partial charge in [0.05, 0.1) is 23.2 Å². The molecule has 1 N–H and O–H groups in total. The summed E-state index contributed by atoms with van der Waals surface area (Å²) >= 11 is 0. The molecule has 4 rings (SSSR count). The molecule has 0 saturated heterocycles. The van der Waals surface area contributed by atoms with E-state index in [1.807, 2.05) is 44.2 Å². The molecule has 6 nitrogen and oxygen atoms in total. The number of anilines is 1. The van der Waals surface area contributed by atoms with Crippen LogP contribution >= 0.6 is 0 Å². The first-order valence-corrected chi connectivity index (χ1v) is 12.0. The summed E-state index contributed by atoms with van der Waals surface area (Å²) in [5, 5.41) is 3.02. The minimum atomic E-state index is -3.87. The Balaban J connectivity index is 1.63. The Hall–Kier alpha value is -3.32. The summed E-state index contributed by atoms with van der Waals surface area (Å²) in [5.41, 5.74) is 2.38. The summed E-state index contributed by atoms with van der Waals surface area (Å²) in [6.45, 7) is 3.78. The second kappa shape index (κ2) is 9.04. The SMILES string of the molecule is CC[C@H](NC(=O)[C@H]1CN(S(=O)(=O)c2ccc(C)cc2)c2ccccc2O1)c1ccccc1. The molecule has 32 heavy (non-hydrogen) atoms. The Morgan fingerprint density at radius 2 is 1.69 bits per heavy atom. The molecule has 2 atom stereocenters. The molecule has 3 aromatic carbocycles. The van der Waals surface area contributed by atoms with Crippen molar-refractivity contribution in [3.05, 3.63) is 90.0 Å². The maximum Gasteiger partial charge on any atom is 0.264 e. The van der Waals surface area contributed by atoms with Gasteiger partial charge >= 0.3 is 0 Å². The molecule has 0 saturated carbocycles. The van der Waals surface area contributed by atoms with Gasteiger partial charge in [0.25, 0.3) is 15.9 Å². The smallest absolute Gasteiger partial charge is 0.264 e. The van der Waals surface area contributed by atoms with Crippen LogP contribution in [0.1, 0.15) is 30.5 Å². The van der Waals surface area contributed by atoms with E-state index in [1.54, 1.807) is 48.5 Å². The van der Waals surface area contributed by atoms with Crippen molar-refractivity contribution in [1.29, 1.82) is 0 Å². The van der Waals surface area contributed by atoms with Crippen LogP contribution in [0.4, 0.5) is 5.69 Å². The molecule has 0 unspecified atom stereocenters. The fraction of sp³-hybridized carbons (Fsp3) is 0.240. The lowest BCUT2D eigenvalue weighted by molar-refractivity contribution is -0.128. The second-order valence-corrected chi connectivity index (χ2v) is 9.67. The molecule has 0 bridgehead atoms. The van der Waals surface area contributed by atoms with Crippen molar-refractivity contribution in [3.63, 3.8) is 0 Å². The van der Waals surface area contributed by atoms with Gasteiger partial charge in [-0.1, -0.05) is 67.1 Å². The topological polar surface area (TPSA) is 75.7 Å². The van der Waals surface area contributed by atoms with Gasteiger partial charge in [0, 0.05) is 0 Å². The van der Waals surface area contributed by atoms with E-state index in [2.05, 4.69) is 5.32 Å². The highest BCUT2D eigenvalue weighted by molar-refractivity contribution is 7.92. The van der Waals surface area contributed by atoms with Gasteiger partial charge in [0.2, 0.25) is 0 Å². The number of rotatable bonds is 6. The molecular formula is C25H26N2O4S. The van der Waals surface area contributed by atoms with Gasteiger partial charge in [0.15, 0.2) is 6.10 Å². The van der Waals surface area contributed by atoms with Crippen LogP contribution in [-0.2, 0) is 14.8 Å².